The Morgan fingerprint density at radius 3 is 2.70 bits per heavy atom. The van der Waals surface area contributed by atoms with Crippen LogP contribution in [0.25, 0.3) is 6.08 Å². The van der Waals surface area contributed by atoms with E-state index in [0.29, 0.717) is 14.1 Å². The number of thiocarbonyl (C=S) groups is 1. The molecule has 8 heteroatoms. The fourth-order valence-corrected chi connectivity index (χ4v) is 4.03. The van der Waals surface area contributed by atoms with Crippen molar-refractivity contribution < 1.29 is 14.3 Å². The highest BCUT2D eigenvalue weighted by Gasteiger charge is 2.33. The topological polar surface area (TPSA) is 58.6 Å². The number of nitrogens with zero attached hydrogens (tertiary/aromatic N) is 1. The molecule has 0 aliphatic carbocycles. The van der Waals surface area contributed by atoms with Gasteiger partial charge in [0.05, 0.1) is 15.9 Å². The summed E-state index contributed by atoms with van der Waals surface area (Å²) >= 11 is 7.70. The lowest BCUT2D eigenvalue weighted by atomic mass is 10.2. The average molecular weight is 419 g/mol. The van der Waals surface area contributed by atoms with Crippen LogP contribution in [0.3, 0.4) is 0 Å². The number of amides is 2. The van der Waals surface area contributed by atoms with Crippen LogP contribution in [0.5, 0.6) is 5.75 Å². The number of hydrogen-bond acceptors (Lipinski definition) is 6. The van der Waals surface area contributed by atoms with Gasteiger partial charge in [-0.15, -0.1) is 11.3 Å². The summed E-state index contributed by atoms with van der Waals surface area (Å²) in [7, 11) is 0. The summed E-state index contributed by atoms with van der Waals surface area (Å²) in [6.07, 6.45) is 2.84. The molecule has 1 fully saturated rings. The highest BCUT2D eigenvalue weighted by atomic mass is 32.2. The molecule has 0 radical (unpaired) electrons. The first-order valence-electron chi connectivity index (χ1n) is 8.37. The molecule has 1 atom stereocenters. The summed E-state index contributed by atoms with van der Waals surface area (Å²) < 4.78 is 6.05. The second kappa shape index (κ2) is 8.69. The van der Waals surface area contributed by atoms with Crippen LogP contribution < -0.4 is 10.2 Å². The number of nitrogens with one attached hydrogen (secondary N) is 1. The van der Waals surface area contributed by atoms with Crippen molar-refractivity contribution in [2.45, 2.75) is 26.4 Å². The molecule has 1 aromatic carbocycles. The smallest absolute Gasteiger partial charge is 0.285 e. The van der Waals surface area contributed by atoms with Gasteiger partial charge >= 0.3 is 0 Å². The Morgan fingerprint density at radius 1 is 1.33 bits per heavy atom. The minimum atomic E-state index is -0.353. The molecule has 0 unspecified atom stereocenters. The van der Waals surface area contributed by atoms with Crippen LogP contribution in [0.1, 0.15) is 35.5 Å². The molecule has 0 saturated carbocycles. The van der Waals surface area contributed by atoms with E-state index in [1.54, 1.807) is 23.6 Å². The fourth-order valence-electron chi connectivity index (χ4n) is 2.24. The molecule has 27 heavy (non-hydrogen) atoms. The zero-order chi connectivity index (χ0) is 19.4. The van der Waals surface area contributed by atoms with E-state index in [0.717, 1.165) is 34.5 Å². The van der Waals surface area contributed by atoms with Gasteiger partial charge in [-0.05, 0) is 60.8 Å². The van der Waals surface area contributed by atoms with Crippen molar-refractivity contribution in [2.24, 2.45) is 0 Å². The van der Waals surface area contributed by atoms with Gasteiger partial charge in [0.15, 0.2) is 4.32 Å². The normalized spacial score (nSPS) is 16.7. The molecule has 5 nitrogen and oxygen atoms in total. The lowest BCUT2D eigenvalue weighted by molar-refractivity contribution is -0.123. The van der Waals surface area contributed by atoms with E-state index in [-0.39, 0.29) is 17.9 Å². The quantitative estimate of drug-likeness (QED) is 0.554. The number of ether oxygens (including phenoxy) is 1. The Kier molecular flexibility index (Phi) is 6.30. The van der Waals surface area contributed by atoms with E-state index in [2.05, 4.69) is 12.3 Å². The van der Waals surface area contributed by atoms with Gasteiger partial charge in [0.2, 0.25) is 0 Å². The van der Waals surface area contributed by atoms with Crippen molar-refractivity contribution in [3.63, 3.8) is 0 Å². The number of hydrogen-bond donors (Lipinski definition) is 1. The SMILES string of the molecule is CC[C@@H](C)Oc1ccc(/C=C2\SC(=S)N(NC(=O)c3cccs3)C2=O)cc1. The second-order valence-corrected chi connectivity index (χ2v) is 8.46. The van der Waals surface area contributed by atoms with E-state index >= 15 is 0 Å². The Bertz CT molecular complexity index is 876. The standard InChI is InChI=1S/C19H18N2O3S3/c1-3-12(2)24-14-8-6-13(7-9-14)11-16-18(23)21(19(25)27-16)20-17(22)15-5-4-10-26-15/h4-12H,3H2,1-2H3,(H,20,22)/b16-11-/t12-/m1/s1. The molecule has 1 aliphatic heterocycles. The maximum absolute atomic E-state index is 12.6. The fraction of sp³-hybridized carbons (Fsp3) is 0.211. The number of rotatable bonds is 6. The minimum Gasteiger partial charge on any atom is -0.491 e. The summed E-state index contributed by atoms with van der Waals surface area (Å²) in [5.74, 6) is 0.0983. The molecule has 140 valence electrons. The molecule has 2 amide bonds. The van der Waals surface area contributed by atoms with Crippen LogP contribution in [0.2, 0.25) is 0 Å². The van der Waals surface area contributed by atoms with Gasteiger partial charge < -0.3 is 4.74 Å². The maximum Gasteiger partial charge on any atom is 0.285 e. The van der Waals surface area contributed by atoms with Gasteiger partial charge in [-0.1, -0.05) is 36.9 Å². The summed E-state index contributed by atoms with van der Waals surface area (Å²) in [6.45, 7) is 4.09. The van der Waals surface area contributed by atoms with Crippen molar-refractivity contribution in [1.29, 1.82) is 0 Å². The number of thiophene rings is 1. The molecule has 1 aromatic heterocycles. The lowest BCUT2D eigenvalue weighted by Crippen LogP contribution is -2.44. The zero-order valence-electron chi connectivity index (χ0n) is 14.8. The van der Waals surface area contributed by atoms with Crippen LogP contribution in [0.15, 0.2) is 46.7 Å². The van der Waals surface area contributed by atoms with E-state index in [1.807, 2.05) is 31.2 Å². The van der Waals surface area contributed by atoms with E-state index < -0.39 is 0 Å². The summed E-state index contributed by atoms with van der Waals surface area (Å²) in [5.41, 5.74) is 3.42. The highest BCUT2D eigenvalue weighted by molar-refractivity contribution is 8.26. The Hall–Kier alpha value is -2.16. The van der Waals surface area contributed by atoms with Crippen molar-refractivity contribution in [3.8, 4) is 5.75 Å². The molecule has 0 bridgehead atoms. The third-order valence-electron chi connectivity index (χ3n) is 3.84. The molecule has 3 rings (SSSR count). The van der Waals surface area contributed by atoms with Gasteiger partial charge in [0, 0.05) is 0 Å². The Morgan fingerprint density at radius 2 is 2.07 bits per heavy atom. The summed E-state index contributed by atoms with van der Waals surface area (Å²) in [5, 5.41) is 2.92. The van der Waals surface area contributed by atoms with Gasteiger partial charge in [0.25, 0.3) is 11.8 Å². The second-order valence-electron chi connectivity index (χ2n) is 5.84. The molecule has 2 heterocycles. The van der Waals surface area contributed by atoms with Crippen LogP contribution in [-0.4, -0.2) is 27.2 Å². The average Bonchev–Trinajstić information content (AvgIpc) is 3.28. The van der Waals surface area contributed by atoms with Crippen molar-refractivity contribution >= 4 is 57.5 Å². The van der Waals surface area contributed by atoms with E-state index in [9.17, 15) is 9.59 Å². The molecule has 1 aliphatic rings. The van der Waals surface area contributed by atoms with Gasteiger partial charge in [-0.25, -0.2) is 0 Å². The maximum atomic E-state index is 12.6. The van der Waals surface area contributed by atoms with Crippen molar-refractivity contribution in [2.75, 3.05) is 0 Å². The first-order chi connectivity index (χ1) is 13.0. The van der Waals surface area contributed by atoms with Gasteiger partial charge in [-0.3, -0.25) is 15.0 Å². The number of carbonyl (C=O) groups excluding carboxylic acids is 2. The van der Waals surface area contributed by atoms with Crippen LogP contribution >= 0.6 is 35.3 Å². The number of hydrazine groups is 1. The summed E-state index contributed by atoms with van der Waals surface area (Å²) in [6, 6.07) is 11.0. The zero-order valence-corrected chi connectivity index (χ0v) is 17.2. The summed E-state index contributed by atoms with van der Waals surface area (Å²) in [4.78, 5) is 25.7. The molecule has 2 aromatic rings. The largest absolute Gasteiger partial charge is 0.491 e. The molecule has 1 saturated heterocycles. The molecule has 0 spiro atoms. The van der Waals surface area contributed by atoms with Crippen LogP contribution in [-0.2, 0) is 4.79 Å². The Balaban J connectivity index is 1.69. The molecule has 1 N–H and O–H groups in total. The molecular formula is C19H18N2O3S3. The van der Waals surface area contributed by atoms with Crippen molar-refractivity contribution in [3.05, 3.63) is 57.1 Å². The first-order valence-corrected chi connectivity index (χ1v) is 10.5. The number of thioether (sulfide) groups is 1. The van der Waals surface area contributed by atoms with Gasteiger partial charge in [-0.2, -0.15) is 5.01 Å². The van der Waals surface area contributed by atoms with Crippen LogP contribution in [0, 0.1) is 0 Å². The first kappa shape index (κ1) is 19.6. The number of benzene rings is 1. The Labute approximate surface area is 171 Å². The highest BCUT2D eigenvalue weighted by Crippen LogP contribution is 2.32. The van der Waals surface area contributed by atoms with E-state index in [1.165, 1.54) is 11.3 Å². The lowest BCUT2D eigenvalue weighted by Gasteiger charge is -2.14. The van der Waals surface area contributed by atoms with Crippen LogP contribution in [0.4, 0.5) is 0 Å². The third-order valence-corrected chi connectivity index (χ3v) is 6.01. The monoisotopic (exact) mass is 418 g/mol. The third kappa shape index (κ3) is 4.77. The molecular weight excluding hydrogens is 400 g/mol. The number of carbonyl (C=O) groups is 2. The predicted molar refractivity (Wildman–Crippen MR) is 114 cm³/mol. The van der Waals surface area contributed by atoms with Crippen molar-refractivity contribution in [1.82, 2.24) is 10.4 Å². The van der Waals surface area contributed by atoms with E-state index in [4.69, 9.17) is 17.0 Å². The van der Waals surface area contributed by atoms with Gasteiger partial charge in [0.1, 0.15) is 5.75 Å². The minimum absolute atomic E-state index is 0.152. The predicted octanol–water partition coefficient (Wildman–Crippen LogP) is 4.47.